The molecule has 0 amide bonds. The molecule has 0 atom stereocenters. The van der Waals surface area contributed by atoms with Gasteiger partial charge in [-0.25, -0.2) is 4.98 Å². The SMILES string of the molecule is Cc1nc(CNCc2nnc(-c3ccccc3)o2)cs1. The third-order valence-corrected chi connectivity index (χ3v) is 3.56. The van der Waals surface area contributed by atoms with Crippen LogP contribution < -0.4 is 5.32 Å². The number of hydrogen-bond donors (Lipinski definition) is 1. The average Bonchev–Trinajstić information content (AvgIpc) is 3.09. The van der Waals surface area contributed by atoms with Gasteiger partial charge in [0.25, 0.3) is 0 Å². The fourth-order valence-electron chi connectivity index (χ4n) is 1.81. The van der Waals surface area contributed by atoms with Crippen LogP contribution in [-0.4, -0.2) is 15.2 Å². The molecule has 0 saturated carbocycles. The number of rotatable bonds is 5. The van der Waals surface area contributed by atoms with Crippen molar-refractivity contribution in [2.45, 2.75) is 20.0 Å². The molecular weight excluding hydrogens is 272 g/mol. The topological polar surface area (TPSA) is 63.8 Å². The van der Waals surface area contributed by atoms with Crippen molar-refractivity contribution in [1.82, 2.24) is 20.5 Å². The maximum absolute atomic E-state index is 5.61. The highest BCUT2D eigenvalue weighted by Gasteiger charge is 2.07. The minimum Gasteiger partial charge on any atom is -0.419 e. The minimum atomic E-state index is 0.538. The van der Waals surface area contributed by atoms with Crippen LogP contribution in [0.3, 0.4) is 0 Å². The van der Waals surface area contributed by atoms with E-state index in [2.05, 4.69) is 20.5 Å². The van der Waals surface area contributed by atoms with Gasteiger partial charge in [0, 0.05) is 17.5 Å². The van der Waals surface area contributed by atoms with Crippen LogP contribution in [0.5, 0.6) is 0 Å². The Kier molecular flexibility index (Phi) is 3.85. The van der Waals surface area contributed by atoms with E-state index in [-0.39, 0.29) is 0 Å². The third kappa shape index (κ3) is 3.09. The lowest BCUT2D eigenvalue weighted by molar-refractivity contribution is 0.476. The molecule has 0 aliphatic rings. The van der Waals surface area contributed by atoms with Crippen molar-refractivity contribution in [2.24, 2.45) is 0 Å². The summed E-state index contributed by atoms with van der Waals surface area (Å²) in [6.07, 6.45) is 0. The highest BCUT2D eigenvalue weighted by molar-refractivity contribution is 7.09. The summed E-state index contributed by atoms with van der Waals surface area (Å²) in [4.78, 5) is 4.38. The maximum Gasteiger partial charge on any atom is 0.247 e. The van der Waals surface area contributed by atoms with Crippen LogP contribution in [0.25, 0.3) is 11.5 Å². The van der Waals surface area contributed by atoms with Crippen molar-refractivity contribution in [1.29, 1.82) is 0 Å². The molecule has 0 aliphatic carbocycles. The molecule has 3 rings (SSSR count). The lowest BCUT2D eigenvalue weighted by Gasteiger charge is -1.97. The van der Waals surface area contributed by atoms with Crippen molar-refractivity contribution in [3.8, 4) is 11.5 Å². The van der Waals surface area contributed by atoms with Crippen molar-refractivity contribution in [3.63, 3.8) is 0 Å². The average molecular weight is 286 g/mol. The van der Waals surface area contributed by atoms with Gasteiger partial charge in [-0.3, -0.25) is 0 Å². The summed E-state index contributed by atoms with van der Waals surface area (Å²) in [6.45, 7) is 3.24. The standard InChI is InChI=1S/C14H14N4OS/c1-10-16-12(9-20-10)7-15-8-13-17-18-14(19-13)11-5-3-2-4-6-11/h2-6,9,15H,7-8H2,1H3. The van der Waals surface area contributed by atoms with Crippen molar-refractivity contribution >= 4 is 11.3 Å². The zero-order chi connectivity index (χ0) is 13.8. The van der Waals surface area contributed by atoms with Crippen LogP contribution in [0.1, 0.15) is 16.6 Å². The molecule has 1 aromatic carbocycles. The molecule has 6 heteroatoms. The zero-order valence-electron chi connectivity index (χ0n) is 11.0. The van der Waals surface area contributed by atoms with E-state index in [9.17, 15) is 0 Å². The fourth-order valence-corrected chi connectivity index (χ4v) is 2.42. The van der Waals surface area contributed by atoms with Crippen LogP contribution in [0.15, 0.2) is 40.1 Å². The van der Waals surface area contributed by atoms with Crippen LogP contribution in [0.4, 0.5) is 0 Å². The first-order valence-electron chi connectivity index (χ1n) is 6.31. The predicted octanol–water partition coefficient (Wildman–Crippen LogP) is 2.79. The molecule has 5 nitrogen and oxygen atoms in total. The van der Waals surface area contributed by atoms with Gasteiger partial charge in [-0.05, 0) is 19.1 Å². The maximum atomic E-state index is 5.61. The third-order valence-electron chi connectivity index (χ3n) is 2.74. The van der Waals surface area contributed by atoms with E-state index in [1.807, 2.05) is 42.6 Å². The van der Waals surface area contributed by atoms with Gasteiger partial charge in [0.2, 0.25) is 11.8 Å². The smallest absolute Gasteiger partial charge is 0.247 e. The Balaban J connectivity index is 1.58. The van der Waals surface area contributed by atoms with Crippen LogP contribution >= 0.6 is 11.3 Å². The first kappa shape index (κ1) is 13.0. The molecule has 2 aromatic heterocycles. The normalized spacial score (nSPS) is 10.8. The van der Waals surface area contributed by atoms with Gasteiger partial charge >= 0.3 is 0 Å². The highest BCUT2D eigenvalue weighted by atomic mass is 32.1. The van der Waals surface area contributed by atoms with Crippen LogP contribution in [0.2, 0.25) is 0 Å². The quantitative estimate of drug-likeness (QED) is 0.781. The van der Waals surface area contributed by atoms with Crippen molar-refractivity contribution in [3.05, 3.63) is 52.3 Å². The van der Waals surface area contributed by atoms with Gasteiger partial charge in [-0.15, -0.1) is 21.5 Å². The summed E-state index contributed by atoms with van der Waals surface area (Å²) in [5.41, 5.74) is 1.97. The second-order valence-electron chi connectivity index (χ2n) is 4.33. The molecule has 0 bridgehead atoms. The molecule has 0 radical (unpaired) electrons. The molecule has 0 aliphatic heterocycles. The van der Waals surface area contributed by atoms with Gasteiger partial charge in [0.05, 0.1) is 17.2 Å². The monoisotopic (exact) mass is 286 g/mol. The van der Waals surface area contributed by atoms with E-state index in [1.54, 1.807) is 11.3 Å². The second kappa shape index (κ2) is 5.94. The van der Waals surface area contributed by atoms with E-state index in [4.69, 9.17) is 4.42 Å². The molecule has 2 heterocycles. The van der Waals surface area contributed by atoms with Crippen LogP contribution in [-0.2, 0) is 13.1 Å². The molecule has 0 fully saturated rings. The number of nitrogens with zero attached hydrogens (tertiary/aromatic N) is 3. The van der Waals surface area contributed by atoms with Gasteiger partial charge in [0.15, 0.2) is 0 Å². The lowest BCUT2D eigenvalue weighted by atomic mass is 10.2. The van der Waals surface area contributed by atoms with E-state index < -0.39 is 0 Å². The summed E-state index contributed by atoms with van der Waals surface area (Å²) in [5.74, 6) is 1.13. The Morgan fingerprint density at radius 3 is 2.75 bits per heavy atom. The number of nitrogens with one attached hydrogen (secondary N) is 1. The zero-order valence-corrected chi connectivity index (χ0v) is 11.9. The predicted molar refractivity (Wildman–Crippen MR) is 77.1 cm³/mol. The molecule has 20 heavy (non-hydrogen) atoms. The minimum absolute atomic E-state index is 0.538. The van der Waals surface area contributed by atoms with Gasteiger partial charge in [0.1, 0.15) is 0 Å². The molecule has 1 N–H and O–H groups in total. The Bertz CT molecular complexity index is 677. The number of aromatic nitrogens is 3. The highest BCUT2D eigenvalue weighted by Crippen LogP contribution is 2.16. The first-order valence-corrected chi connectivity index (χ1v) is 7.19. The lowest BCUT2D eigenvalue weighted by Crippen LogP contribution is -2.13. The molecular formula is C14H14N4OS. The summed E-state index contributed by atoms with van der Waals surface area (Å²) < 4.78 is 5.61. The molecule has 102 valence electrons. The van der Waals surface area contributed by atoms with Crippen LogP contribution in [0, 0.1) is 6.92 Å². The number of benzene rings is 1. The van der Waals surface area contributed by atoms with Crippen molar-refractivity contribution < 1.29 is 4.42 Å². The largest absolute Gasteiger partial charge is 0.419 e. The van der Waals surface area contributed by atoms with Crippen molar-refractivity contribution in [2.75, 3.05) is 0 Å². The molecule has 0 spiro atoms. The van der Waals surface area contributed by atoms with E-state index in [1.165, 1.54) is 0 Å². The van der Waals surface area contributed by atoms with Gasteiger partial charge in [-0.2, -0.15) is 0 Å². The van der Waals surface area contributed by atoms with E-state index in [0.29, 0.717) is 24.9 Å². The molecule has 0 saturated heterocycles. The number of hydrogen-bond acceptors (Lipinski definition) is 6. The fraction of sp³-hybridized carbons (Fsp3) is 0.214. The Morgan fingerprint density at radius 2 is 2.00 bits per heavy atom. The van der Waals surface area contributed by atoms with E-state index in [0.717, 1.165) is 16.3 Å². The summed E-state index contributed by atoms with van der Waals surface area (Å²) in [6, 6.07) is 9.74. The summed E-state index contributed by atoms with van der Waals surface area (Å²) in [5, 5.41) is 14.4. The molecule has 0 unspecified atom stereocenters. The summed E-state index contributed by atoms with van der Waals surface area (Å²) in [7, 11) is 0. The van der Waals surface area contributed by atoms with Gasteiger partial charge < -0.3 is 9.73 Å². The van der Waals surface area contributed by atoms with E-state index >= 15 is 0 Å². The van der Waals surface area contributed by atoms with Gasteiger partial charge in [-0.1, -0.05) is 18.2 Å². The molecule has 3 aromatic rings. The Morgan fingerprint density at radius 1 is 1.15 bits per heavy atom. The second-order valence-corrected chi connectivity index (χ2v) is 5.39. The number of thiazole rings is 1. The summed E-state index contributed by atoms with van der Waals surface area (Å²) >= 11 is 1.65. The Labute approximate surface area is 120 Å². The number of aryl methyl sites for hydroxylation is 1. The Hall–Kier alpha value is -2.05. The first-order chi connectivity index (χ1) is 9.81.